The van der Waals surface area contributed by atoms with Gasteiger partial charge in [-0.1, -0.05) is 34.8 Å². The Bertz CT molecular complexity index is 253. The van der Waals surface area contributed by atoms with Crippen LogP contribution in [0.2, 0.25) is 0 Å². The van der Waals surface area contributed by atoms with Gasteiger partial charge in [-0.3, -0.25) is 9.69 Å². The molecule has 0 aromatic heterocycles. The molecule has 2 aliphatic rings. The van der Waals surface area contributed by atoms with Gasteiger partial charge in [0.15, 0.2) is 12.0 Å². The number of carbonyl (C=O) groups is 1. The predicted molar refractivity (Wildman–Crippen MR) is 54.8 cm³/mol. The molecule has 0 aromatic carbocycles. The molecule has 14 heavy (non-hydrogen) atoms. The highest BCUT2D eigenvalue weighted by Gasteiger charge is 2.48. The summed E-state index contributed by atoms with van der Waals surface area (Å²) in [5, 5.41) is 0. The van der Waals surface area contributed by atoms with Crippen LogP contribution in [-0.4, -0.2) is 39.9 Å². The van der Waals surface area contributed by atoms with Crippen molar-refractivity contribution in [1.82, 2.24) is 4.90 Å². The van der Waals surface area contributed by atoms with Crippen molar-refractivity contribution in [2.45, 2.75) is 28.9 Å². The lowest BCUT2D eigenvalue weighted by Crippen LogP contribution is -2.56. The molecule has 1 unspecified atom stereocenters. The van der Waals surface area contributed by atoms with Crippen LogP contribution in [0.3, 0.4) is 0 Å². The van der Waals surface area contributed by atoms with Gasteiger partial charge in [0.2, 0.25) is 3.79 Å². The molecule has 2 atom stereocenters. The van der Waals surface area contributed by atoms with Crippen molar-refractivity contribution in [3.8, 4) is 0 Å². The van der Waals surface area contributed by atoms with Crippen LogP contribution < -0.4 is 0 Å². The zero-order valence-corrected chi connectivity index (χ0v) is 9.65. The smallest absolute Gasteiger partial charge is 0.229 e. The Labute approximate surface area is 97.2 Å². The van der Waals surface area contributed by atoms with E-state index >= 15 is 0 Å². The van der Waals surface area contributed by atoms with Crippen molar-refractivity contribution < 1.29 is 9.53 Å². The van der Waals surface area contributed by atoms with E-state index in [0.29, 0.717) is 0 Å². The lowest BCUT2D eigenvalue weighted by molar-refractivity contribution is -0.153. The first kappa shape index (κ1) is 11.0. The third-order valence-electron chi connectivity index (χ3n) is 2.63. The molecule has 0 aliphatic carbocycles. The van der Waals surface area contributed by atoms with Crippen LogP contribution in [0.4, 0.5) is 0 Å². The monoisotopic (exact) mass is 257 g/mol. The van der Waals surface area contributed by atoms with E-state index in [1.54, 1.807) is 0 Å². The number of ether oxygens (including phenoxy) is 1. The fraction of sp³-hybridized carbons (Fsp3) is 0.875. The molecule has 2 rings (SSSR count). The highest BCUT2D eigenvalue weighted by Crippen LogP contribution is 2.39. The summed E-state index contributed by atoms with van der Waals surface area (Å²) in [5.41, 5.74) is 0. The van der Waals surface area contributed by atoms with Crippen LogP contribution in [0, 0.1) is 0 Å². The second-order valence-electron chi connectivity index (χ2n) is 3.57. The van der Waals surface area contributed by atoms with Crippen molar-refractivity contribution in [3.05, 3.63) is 0 Å². The molecule has 0 bridgehead atoms. The number of hydrogen-bond acceptors (Lipinski definition) is 3. The number of carbonyl (C=O) groups excluding carboxylic acids is 1. The van der Waals surface area contributed by atoms with E-state index in [9.17, 15) is 4.79 Å². The average molecular weight is 259 g/mol. The molecule has 3 nitrogen and oxygen atoms in total. The Morgan fingerprint density at radius 1 is 1.43 bits per heavy atom. The van der Waals surface area contributed by atoms with Crippen LogP contribution >= 0.6 is 34.8 Å². The van der Waals surface area contributed by atoms with Crippen LogP contribution in [0.5, 0.6) is 0 Å². The summed E-state index contributed by atoms with van der Waals surface area (Å²) in [6.07, 6.45) is 1.22. The minimum absolute atomic E-state index is 0.0553. The molecular weight excluding hydrogens is 248 g/mol. The summed E-state index contributed by atoms with van der Waals surface area (Å²) in [6.45, 7) is 0.814. The van der Waals surface area contributed by atoms with Gasteiger partial charge in [0.1, 0.15) is 6.61 Å². The third-order valence-corrected chi connectivity index (χ3v) is 3.19. The molecule has 0 N–H and O–H groups in total. The molecule has 0 aromatic rings. The van der Waals surface area contributed by atoms with E-state index in [1.807, 2.05) is 4.90 Å². The molecule has 2 aliphatic heterocycles. The third kappa shape index (κ3) is 1.89. The number of ketones is 1. The quantitative estimate of drug-likeness (QED) is 0.620. The van der Waals surface area contributed by atoms with Gasteiger partial charge in [-0.15, -0.1) is 0 Å². The Morgan fingerprint density at radius 3 is 2.79 bits per heavy atom. The molecule has 2 fully saturated rings. The van der Waals surface area contributed by atoms with E-state index in [0.717, 1.165) is 19.4 Å². The van der Waals surface area contributed by atoms with Crippen molar-refractivity contribution in [1.29, 1.82) is 0 Å². The number of alkyl halides is 3. The summed E-state index contributed by atoms with van der Waals surface area (Å²) in [7, 11) is 0. The van der Waals surface area contributed by atoms with Crippen molar-refractivity contribution in [2.24, 2.45) is 0 Å². The standard InChI is InChI=1S/C8H10Cl3NO2/c9-8(10,11)7-12-3-1-2-5(12)6(13)4-14-7/h5,7H,1-4H2/t5?,7-/m1/s1. The molecular formula is C8H10Cl3NO2. The van der Waals surface area contributed by atoms with Gasteiger partial charge in [0.25, 0.3) is 0 Å². The minimum Gasteiger partial charge on any atom is -0.351 e. The topological polar surface area (TPSA) is 29.5 Å². The summed E-state index contributed by atoms with van der Waals surface area (Å²) in [5.74, 6) is 0.0907. The van der Waals surface area contributed by atoms with E-state index in [2.05, 4.69) is 0 Å². The first-order valence-electron chi connectivity index (χ1n) is 4.47. The number of halogens is 3. The number of nitrogens with zero attached hydrogens (tertiary/aromatic N) is 1. The molecule has 0 amide bonds. The zero-order chi connectivity index (χ0) is 10.3. The van der Waals surface area contributed by atoms with Crippen LogP contribution in [0.15, 0.2) is 0 Å². The maximum absolute atomic E-state index is 11.5. The van der Waals surface area contributed by atoms with Crippen LogP contribution in [0.1, 0.15) is 12.8 Å². The van der Waals surface area contributed by atoms with Crippen molar-refractivity contribution >= 4 is 40.6 Å². The zero-order valence-electron chi connectivity index (χ0n) is 7.38. The van der Waals surface area contributed by atoms with Crippen LogP contribution in [0.25, 0.3) is 0 Å². The van der Waals surface area contributed by atoms with Crippen LogP contribution in [-0.2, 0) is 9.53 Å². The number of rotatable bonds is 0. The second kappa shape index (κ2) is 3.80. The minimum atomic E-state index is -1.48. The molecule has 0 spiro atoms. The highest BCUT2D eigenvalue weighted by atomic mass is 35.6. The Morgan fingerprint density at radius 2 is 2.14 bits per heavy atom. The van der Waals surface area contributed by atoms with Crippen molar-refractivity contribution in [2.75, 3.05) is 13.2 Å². The fourth-order valence-electron chi connectivity index (χ4n) is 2.05. The van der Waals surface area contributed by atoms with Gasteiger partial charge < -0.3 is 4.74 Å². The molecule has 6 heteroatoms. The van der Waals surface area contributed by atoms with Gasteiger partial charge in [0, 0.05) is 6.54 Å². The van der Waals surface area contributed by atoms with E-state index < -0.39 is 10.0 Å². The predicted octanol–water partition coefficient (Wildman–Crippen LogP) is 1.75. The van der Waals surface area contributed by atoms with E-state index in [1.165, 1.54) is 0 Å². The Hall–Kier alpha value is 0.460. The summed E-state index contributed by atoms with van der Waals surface area (Å²) in [4.78, 5) is 13.3. The summed E-state index contributed by atoms with van der Waals surface area (Å²) in [6, 6.07) is -0.107. The Balaban J connectivity index is 2.18. The number of Topliss-reactive ketones (excluding diaryl/α,β-unsaturated/α-hetero) is 1. The molecule has 0 saturated carbocycles. The van der Waals surface area contributed by atoms with Gasteiger partial charge in [-0.2, -0.15) is 0 Å². The highest BCUT2D eigenvalue weighted by molar-refractivity contribution is 6.68. The number of hydrogen-bond donors (Lipinski definition) is 0. The fourth-order valence-corrected chi connectivity index (χ4v) is 2.62. The maximum Gasteiger partial charge on any atom is 0.229 e. The van der Waals surface area contributed by atoms with Gasteiger partial charge in [0.05, 0.1) is 6.04 Å². The van der Waals surface area contributed by atoms with Crippen molar-refractivity contribution in [3.63, 3.8) is 0 Å². The molecule has 2 heterocycles. The van der Waals surface area contributed by atoms with E-state index in [4.69, 9.17) is 39.5 Å². The lowest BCUT2D eigenvalue weighted by Gasteiger charge is -2.39. The first-order chi connectivity index (χ1) is 6.50. The van der Waals surface area contributed by atoms with Gasteiger partial charge in [-0.25, -0.2) is 0 Å². The van der Waals surface area contributed by atoms with Gasteiger partial charge in [-0.05, 0) is 12.8 Å². The van der Waals surface area contributed by atoms with E-state index in [-0.39, 0.29) is 18.4 Å². The van der Waals surface area contributed by atoms with Gasteiger partial charge >= 0.3 is 0 Å². The molecule has 0 radical (unpaired) electrons. The summed E-state index contributed by atoms with van der Waals surface area (Å²) < 4.78 is 3.77. The normalized spacial score (nSPS) is 34.6. The Kier molecular flexibility index (Phi) is 2.97. The second-order valence-corrected chi connectivity index (χ2v) is 5.94. The molecule has 80 valence electrons. The SMILES string of the molecule is O=C1CO[C@H](C(Cl)(Cl)Cl)N2CCCC12. The maximum atomic E-state index is 11.5. The lowest BCUT2D eigenvalue weighted by atomic mass is 10.1. The average Bonchev–Trinajstić information content (AvgIpc) is 2.50. The number of fused-ring (bicyclic) bond motifs is 1. The molecule has 2 saturated heterocycles. The first-order valence-corrected chi connectivity index (χ1v) is 5.60. The summed E-state index contributed by atoms with van der Waals surface area (Å²) >= 11 is 17.3. The largest absolute Gasteiger partial charge is 0.351 e.